The number of imidazole rings is 1. The summed E-state index contributed by atoms with van der Waals surface area (Å²) in [5, 5.41) is 16.2. The van der Waals surface area contributed by atoms with Gasteiger partial charge in [-0.15, -0.1) is 0 Å². The topological polar surface area (TPSA) is 98.3 Å². The average Bonchev–Trinajstić information content (AvgIpc) is 3.14. The van der Waals surface area contributed by atoms with E-state index >= 15 is 0 Å². The van der Waals surface area contributed by atoms with Crippen molar-refractivity contribution in [2.45, 2.75) is 58.9 Å². The summed E-state index contributed by atoms with van der Waals surface area (Å²) in [6.45, 7) is 6.28. The molecule has 2 saturated carbocycles. The van der Waals surface area contributed by atoms with Crippen molar-refractivity contribution in [3.8, 4) is 0 Å². The van der Waals surface area contributed by atoms with Crippen molar-refractivity contribution in [1.82, 2.24) is 20.3 Å². The molecule has 1 unspecified atom stereocenters. The number of carbonyl (C=O) groups is 2. The van der Waals surface area contributed by atoms with Gasteiger partial charge >= 0.3 is 0 Å². The number of H-pyrrole nitrogens is 1. The molecule has 1 aromatic heterocycles. The smallest absolute Gasteiger partial charge is 0.233 e. The van der Waals surface area contributed by atoms with Crippen LogP contribution >= 0.6 is 0 Å². The number of hydroxylamine groups is 2. The molecule has 34 heavy (non-hydrogen) atoms. The molecule has 180 valence electrons. The van der Waals surface area contributed by atoms with Gasteiger partial charge in [0, 0.05) is 0 Å². The second-order valence-electron chi connectivity index (χ2n) is 11.3. The lowest BCUT2D eigenvalue weighted by molar-refractivity contribution is -0.157. The van der Waals surface area contributed by atoms with Crippen LogP contribution in [0.1, 0.15) is 64.7 Å². The SMILES string of the molecule is CC(C)(C)[C@H](NC(=O)[C@@]1(CN(O)C=O)CC1C1CCCC1)c1nc2cc3ccccc3cc2[nH]1. The molecule has 3 aromatic rings. The minimum Gasteiger partial charge on any atom is -0.345 e. The van der Waals surface area contributed by atoms with Gasteiger partial charge in [0.2, 0.25) is 12.3 Å². The van der Waals surface area contributed by atoms with Crippen LogP contribution in [0, 0.1) is 22.7 Å². The van der Waals surface area contributed by atoms with Gasteiger partial charge < -0.3 is 10.3 Å². The van der Waals surface area contributed by atoms with Gasteiger partial charge in [0.15, 0.2) is 0 Å². The third kappa shape index (κ3) is 4.06. The molecular formula is C27H34N4O3. The summed E-state index contributed by atoms with van der Waals surface area (Å²) in [5.74, 6) is 1.30. The van der Waals surface area contributed by atoms with Crippen molar-refractivity contribution >= 4 is 34.1 Å². The van der Waals surface area contributed by atoms with E-state index in [0.29, 0.717) is 23.8 Å². The number of nitrogens with zero attached hydrogens (tertiary/aromatic N) is 2. The first-order valence-electron chi connectivity index (χ1n) is 12.3. The molecule has 7 heteroatoms. The van der Waals surface area contributed by atoms with E-state index in [1.54, 1.807) is 0 Å². The highest BCUT2D eigenvalue weighted by atomic mass is 16.5. The monoisotopic (exact) mass is 462 g/mol. The maximum atomic E-state index is 13.8. The van der Waals surface area contributed by atoms with Crippen LogP contribution in [0.5, 0.6) is 0 Å². The van der Waals surface area contributed by atoms with Crippen molar-refractivity contribution in [1.29, 1.82) is 0 Å². The van der Waals surface area contributed by atoms with Crippen LogP contribution in [-0.2, 0) is 9.59 Å². The van der Waals surface area contributed by atoms with Gasteiger partial charge in [-0.2, -0.15) is 0 Å². The zero-order valence-electron chi connectivity index (χ0n) is 20.2. The fraction of sp³-hybridized carbons (Fsp3) is 0.519. The molecule has 0 aliphatic heterocycles. The van der Waals surface area contributed by atoms with Crippen LogP contribution in [0.4, 0.5) is 0 Å². The number of aromatic amines is 1. The average molecular weight is 463 g/mol. The van der Waals surface area contributed by atoms with Crippen LogP contribution in [0.3, 0.4) is 0 Å². The largest absolute Gasteiger partial charge is 0.345 e. The summed E-state index contributed by atoms with van der Waals surface area (Å²) in [6.07, 6.45) is 5.71. The number of hydrogen-bond donors (Lipinski definition) is 3. The summed E-state index contributed by atoms with van der Waals surface area (Å²) in [6, 6.07) is 12.0. The van der Waals surface area contributed by atoms with Crippen LogP contribution in [-0.4, -0.2) is 39.1 Å². The Morgan fingerprint density at radius 2 is 1.94 bits per heavy atom. The lowest BCUT2D eigenvalue weighted by atomic mass is 9.85. The highest BCUT2D eigenvalue weighted by Crippen LogP contribution is 2.60. The van der Waals surface area contributed by atoms with Gasteiger partial charge in [0.05, 0.1) is 29.0 Å². The molecule has 2 amide bonds. The summed E-state index contributed by atoms with van der Waals surface area (Å²) in [5.41, 5.74) is 0.759. The third-order valence-corrected chi connectivity index (χ3v) is 7.90. The highest BCUT2D eigenvalue weighted by Gasteiger charge is 2.63. The second kappa shape index (κ2) is 8.38. The van der Waals surface area contributed by atoms with Gasteiger partial charge in [-0.25, -0.2) is 10.0 Å². The Morgan fingerprint density at radius 3 is 2.59 bits per heavy atom. The predicted molar refractivity (Wildman–Crippen MR) is 131 cm³/mol. The summed E-state index contributed by atoms with van der Waals surface area (Å²) < 4.78 is 0. The minimum absolute atomic E-state index is 0.0336. The lowest BCUT2D eigenvalue weighted by Gasteiger charge is -2.32. The fourth-order valence-corrected chi connectivity index (χ4v) is 5.98. The number of hydrogen-bond acceptors (Lipinski definition) is 4. The minimum atomic E-state index is -0.741. The van der Waals surface area contributed by atoms with E-state index < -0.39 is 5.41 Å². The van der Waals surface area contributed by atoms with E-state index in [1.165, 1.54) is 12.8 Å². The number of benzene rings is 2. The highest BCUT2D eigenvalue weighted by molar-refractivity contribution is 5.95. The van der Waals surface area contributed by atoms with E-state index in [-0.39, 0.29) is 29.8 Å². The predicted octanol–water partition coefficient (Wildman–Crippen LogP) is 4.96. The van der Waals surface area contributed by atoms with Gasteiger partial charge in [0.25, 0.3) is 0 Å². The molecule has 5 rings (SSSR count). The number of carbonyl (C=O) groups excluding carboxylic acids is 2. The summed E-state index contributed by atoms with van der Waals surface area (Å²) >= 11 is 0. The number of nitrogens with one attached hydrogen (secondary N) is 2. The van der Waals surface area contributed by atoms with Gasteiger partial charge in [-0.05, 0) is 46.6 Å². The lowest BCUT2D eigenvalue weighted by Crippen LogP contribution is -2.45. The third-order valence-electron chi connectivity index (χ3n) is 7.90. The van der Waals surface area contributed by atoms with Crippen molar-refractivity contribution in [2.24, 2.45) is 22.7 Å². The molecule has 3 N–H and O–H groups in total. The summed E-state index contributed by atoms with van der Waals surface area (Å²) in [7, 11) is 0. The van der Waals surface area contributed by atoms with Crippen molar-refractivity contribution in [2.75, 3.05) is 6.54 Å². The number of amides is 2. The van der Waals surface area contributed by atoms with Crippen molar-refractivity contribution < 1.29 is 14.8 Å². The molecule has 2 aliphatic rings. The molecule has 2 aromatic carbocycles. The Morgan fingerprint density at radius 1 is 1.26 bits per heavy atom. The van der Waals surface area contributed by atoms with E-state index in [4.69, 9.17) is 4.98 Å². The van der Waals surface area contributed by atoms with E-state index in [9.17, 15) is 14.8 Å². The molecule has 0 spiro atoms. The fourth-order valence-electron chi connectivity index (χ4n) is 5.98. The maximum absolute atomic E-state index is 13.8. The quantitative estimate of drug-likeness (QED) is 0.262. The molecule has 2 aliphatic carbocycles. The maximum Gasteiger partial charge on any atom is 0.233 e. The zero-order valence-corrected chi connectivity index (χ0v) is 20.2. The Kier molecular flexibility index (Phi) is 5.63. The zero-order chi connectivity index (χ0) is 24.1. The van der Waals surface area contributed by atoms with Gasteiger partial charge in [0.1, 0.15) is 5.82 Å². The van der Waals surface area contributed by atoms with Crippen LogP contribution in [0.2, 0.25) is 0 Å². The normalized spacial score (nSPS) is 23.8. The van der Waals surface area contributed by atoms with Crippen LogP contribution in [0.15, 0.2) is 36.4 Å². The second-order valence-corrected chi connectivity index (χ2v) is 11.3. The number of rotatable bonds is 7. The molecular weight excluding hydrogens is 428 g/mol. The molecule has 3 atom stereocenters. The number of aromatic nitrogens is 2. The van der Waals surface area contributed by atoms with Crippen LogP contribution in [0.25, 0.3) is 21.8 Å². The molecule has 7 nitrogen and oxygen atoms in total. The Bertz CT molecular complexity index is 1170. The van der Waals surface area contributed by atoms with Crippen LogP contribution < -0.4 is 5.32 Å². The van der Waals surface area contributed by atoms with E-state index in [1.807, 2.05) is 12.1 Å². The van der Waals surface area contributed by atoms with Gasteiger partial charge in [-0.1, -0.05) is 70.7 Å². The first kappa shape index (κ1) is 22.8. The van der Waals surface area contributed by atoms with E-state index in [2.05, 4.69) is 55.3 Å². The summed E-state index contributed by atoms with van der Waals surface area (Å²) in [4.78, 5) is 33.3. The molecule has 0 saturated heterocycles. The Balaban J connectivity index is 1.46. The van der Waals surface area contributed by atoms with Crippen molar-refractivity contribution in [3.05, 3.63) is 42.2 Å². The molecule has 1 heterocycles. The van der Waals surface area contributed by atoms with Gasteiger partial charge in [-0.3, -0.25) is 14.8 Å². The van der Waals surface area contributed by atoms with E-state index in [0.717, 1.165) is 40.5 Å². The van der Waals surface area contributed by atoms with Crippen molar-refractivity contribution in [3.63, 3.8) is 0 Å². The first-order valence-corrected chi connectivity index (χ1v) is 12.3. The first-order chi connectivity index (χ1) is 16.2. The molecule has 0 bridgehead atoms. The number of fused-ring (bicyclic) bond motifs is 2. The Labute approximate surface area is 199 Å². The molecule has 2 fully saturated rings. The Hall–Kier alpha value is -2.93. The molecule has 0 radical (unpaired) electrons. The standard InChI is InChI=1S/C27H34N4O3/c1-26(2,3)23(24-28-21-12-18-10-6-7-11-19(18)13-22(21)29-24)30-25(33)27(15-31(34)16-32)14-20(27)17-8-4-5-9-17/h6-7,10-13,16-17,20,23,34H,4-5,8-9,14-15H2,1-3H3,(H,28,29)(H,30,33)/t20?,23-,27-/m1/s1.